The average molecular weight is 266 g/mol. The first-order valence-electron chi connectivity index (χ1n) is 6.71. The van der Waals surface area contributed by atoms with E-state index in [1.165, 1.54) is 18.2 Å². The number of carbonyl (C=O) groups is 1. The molecule has 102 valence electrons. The number of alkyl halides is 2. The fourth-order valence-electron chi connectivity index (χ4n) is 3.14. The molecule has 19 heavy (non-hydrogen) atoms. The second-order valence-corrected chi connectivity index (χ2v) is 5.42. The van der Waals surface area contributed by atoms with Gasteiger partial charge in [0.15, 0.2) is 5.78 Å². The third-order valence-electron chi connectivity index (χ3n) is 4.08. The fraction of sp³-hybridized carbons (Fsp3) is 0.533. The smallest absolute Gasteiger partial charge is 0.263 e. The molecular weight excluding hydrogens is 250 g/mol. The number of hydrogen-bond acceptors (Lipinski definition) is 2. The van der Waals surface area contributed by atoms with Crippen LogP contribution in [0.25, 0.3) is 0 Å². The van der Waals surface area contributed by atoms with Gasteiger partial charge in [0, 0.05) is 17.0 Å². The number of ether oxygens (including phenoxy) is 1. The van der Waals surface area contributed by atoms with E-state index in [9.17, 15) is 13.6 Å². The highest BCUT2D eigenvalue weighted by Gasteiger charge is 2.38. The number of fused-ring (bicyclic) bond motifs is 2. The highest BCUT2D eigenvalue weighted by atomic mass is 19.3. The Balaban J connectivity index is 1.78. The second-order valence-electron chi connectivity index (χ2n) is 5.42. The Morgan fingerprint density at radius 3 is 2.53 bits per heavy atom. The number of ketones is 1. The Hall–Kier alpha value is -1.29. The van der Waals surface area contributed by atoms with Crippen LogP contribution < -0.4 is 0 Å². The lowest BCUT2D eigenvalue weighted by molar-refractivity contribution is -0.0149. The normalized spacial score (nSPS) is 29.7. The summed E-state index contributed by atoms with van der Waals surface area (Å²) in [4.78, 5) is 12.4. The van der Waals surface area contributed by atoms with Crippen LogP contribution in [0.3, 0.4) is 0 Å². The Labute approximate surface area is 110 Å². The van der Waals surface area contributed by atoms with Crippen LogP contribution in [0.1, 0.15) is 48.0 Å². The molecule has 2 nitrogen and oxygen atoms in total. The molecule has 2 atom stereocenters. The van der Waals surface area contributed by atoms with Gasteiger partial charge >= 0.3 is 0 Å². The van der Waals surface area contributed by atoms with Gasteiger partial charge in [-0.25, -0.2) is 8.78 Å². The number of rotatable bonds is 3. The van der Waals surface area contributed by atoms with Crippen LogP contribution >= 0.6 is 0 Å². The lowest BCUT2D eigenvalue weighted by atomic mass is 9.87. The van der Waals surface area contributed by atoms with Crippen LogP contribution in [0, 0.1) is 5.92 Å². The Kier molecular flexibility index (Phi) is 3.35. The molecule has 0 aliphatic carbocycles. The van der Waals surface area contributed by atoms with E-state index >= 15 is 0 Å². The molecule has 2 heterocycles. The minimum Gasteiger partial charge on any atom is -0.375 e. The summed E-state index contributed by atoms with van der Waals surface area (Å²) in [5, 5.41) is 0. The van der Waals surface area contributed by atoms with Crippen LogP contribution in [0.2, 0.25) is 0 Å². The van der Waals surface area contributed by atoms with Crippen LogP contribution in [-0.4, -0.2) is 18.0 Å². The molecular formula is C15H16F2O2. The molecule has 1 aromatic rings. The molecule has 4 heteroatoms. The van der Waals surface area contributed by atoms with E-state index in [0.717, 1.165) is 25.7 Å². The Bertz CT molecular complexity index is 475. The third-order valence-corrected chi connectivity index (χ3v) is 4.08. The molecule has 0 radical (unpaired) electrons. The van der Waals surface area contributed by atoms with Crippen molar-refractivity contribution in [2.75, 3.05) is 0 Å². The lowest BCUT2D eigenvalue weighted by Gasteiger charge is -2.27. The number of hydrogen-bond donors (Lipinski definition) is 0. The maximum Gasteiger partial charge on any atom is 0.263 e. The van der Waals surface area contributed by atoms with Crippen LogP contribution in [0.4, 0.5) is 8.78 Å². The summed E-state index contributed by atoms with van der Waals surface area (Å²) in [6.07, 6.45) is 1.34. The minimum atomic E-state index is -2.53. The highest BCUT2D eigenvalue weighted by molar-refractivity contribution is 5.98. The molecule has 1 aromatic carbocycles. The number of Topliss-reactive ketones (excluding diaryl/α,β-unsaturated/α-hetero) is 1. The highest BCUT2D eigenvalue weighted by Crippen LogP contribution is 2.37. The predicted octanol–water partition coefficient (Wildman–Crippen LogP) is 3.76. The topological polar surface area (TPSA) is 26.3 Å². The van der Waals surface area contributed by atoms with Crippen molar-refractivity contribution in [1.82, 2.24) is 0 Å². The fourth-order valence-corrected chi connectivity index (χ4v) is 3.14. The largest absolute Gasteiger partial charge is 0.375 e. The van der Waals surface area contributed by atoms with Crippen molar-refractivity contribution < 1.29 is 18.3 Å². The molecule has 2 bridgehead atoms. The van der Waals surface area contributed by atoms with Gasteiger partial charge in [0.1, 0.15) is 0 Å². The zero-order valence-electron chi connectivity index (χ0n) is 10.5. The van der Waals surface area contributed by atoms with Crippen molar-refractivity contribution in [1.29, 1.82) is 0 Å². The summed E-state index contributed by atoms with van der Waals surface area (Å²) in [6.45, 7) is 0. The first kappa shape index (κ1) is 12.7. The monoisotopic (exact) mass is 266 g/mol. The summed E-state index contributed by atoms with van der Waals surface area (Å²) < 4.78 is 31.0. The number of halogens is 2. The first-order chi connectivity index (χ1) is 9.13. The van der Waals surface area contributed by atoms with E-state index in [1.54, 1.807) is 6.07 Å². The predicted molar refractivity (Wildman–Crippen MR) is 66.3 cm³/mol. The van der Waals surface area contributed by atoms with E-state index in [4.69, 9.17) is 4.74 Å². The van der Waals surface area contributed by atoms with E-state index in [-0.39, 0.29) is 29.5 Å². The Morgan fingerprint density at radius 1 is 1.21 bits per heavy atom. The lowest BCUT2D eigenvalue weighted by Crippen LogP contribution is -2.30. The van der Waals surface area contributed by atoms with Crippen molar-refractivity contribution in [3.63, 3.8) is 0 Å². The average Bonchev–Trinajstić information content (AvgIpc) is 2.76. The molecule has 0 aromatic heterocycles. The van der Waals surface area contributed by atoms with Gasteiger partial charge in [-0.2, -0.15) is 0 Å². The summed E-state index contributed by atoms with van der Waals surface area (Å²) in [7, 11) is 0. The Morgan fingerprint density at radius 2 is 1.89 bits per heavy atom. The maximum atomic E-state index is 12.7. The maximum absolute atomic E-state index is 12.7. The van der Waals surface area contributed by atoms with Crippen molar-refractivity contribution in [2.45, 2.75) is 44.3 Å². The van der Waals surface area contributed by atoms with Crippen molar-refractivity contribution >= 4 is 5.78 Å². The second kappa shape index (κ2) is 5.00. The third kappa shape index (κ3) is 2.54. The molecule has 0 amide bonds. The van der Waals surface area contributed by atoms with Crippen molar-refractivity contribution in [3.05, 3.63) is 35.4 Å². The SMILES string of the molecule is O=C(c1cccc(C(F)F)c1)C1CC2CCC(C1)O2. The molecule has 3 rings (SSSR count). The summed E-state index contributed by atoms with van der Waals surface area (Å²) in [6, 6.07) is 5.84. The molecule has 2 saturated heterocycles. The van der Waals surface area contributed by atoms with Crippen LogP contribution in [0.5, 0.6) is 0 Å². The van der Waals surface area contributed by atoms with Gasteiger partial charge in [0.2, 0.25) is 0 Å². The van der Waals surface area contributed by atoms with E-state index < -0.39 is 6.43 Å². The van der Waals surface area contributed by atoms with Gasteiger partial charge < -0.3 is 4.74 Å². The molecule has 0 spiro atoms. The summed E-state index contributed by atoms with van der Waals surface area (Å²) in [5.74, 6) is -0.0816. The van der Waals surface area contributed by atoms with E-state index in [2.05, 4.69) is 0 Å². The van der Waals surface area contributed by atoms with Gasteiger partial charge in [0.25, 0.3) is 6.43 Å². The zero-order valence-corrected chi connectivity index (χ0v) is 10.5. The summed E-state index contributed by atoms with van der Waals surface area (Å²) >= 11 is 0. The van der Waals surface area contributed by atoms with E-state index in [0.29, 0.717) is 5.56 Å². The number of benzene rings is 1. The zero-order chi connectivity index (χ0) is 13.4. The van der Waals surface area contributed by atoms with E-state index in [1.807, 2.05) is 0 Å². The molecule has 0 N–H and O–H groups in total. The van der Waals surface area contributed by atoms with Crippen LogP contribution in [-0.2, 0) is 4.74 Å². The molecule has 0 saturated carbocycles. The molecule has 2 aliphatic rings. The van der Waals surface area contributed by atoms with Gasteiger partial charge in [-0.05, 0) is 31.7 Å². The molecule has 2 unspecified atom stereocenters. The minimum absolute atomic E-state index is 0.0114. The first-order valence-corrected chi connectivity index (χ1v) is 6.71. The standard InChI is InChI=1S/C15H16F2O2/c16-15(17)10-3-1-2-9(6-10)14(18)11-7-12-4-5-13(8-11)19-12/h1-3,6,11-13,15H,4-5,7-8H2. The summed E-state index contributed by atoms with van der Waals surface area (Å²) in [5.41, 5.74) is 0.324. The van der Waals surface area contributed by atoms with Gasteiger partial charge in [-0.1, -0.05) is 18.2 Å². The molecule has 2 fully saturated rings. The van der Waals surface area contributed by atoms with Crippen LogP contribution in [0.15, 0.2) is 24.3 Å². The molecule has 2 aliphatic heterocycles. The van der Waals surface area contributed by atoms with Gasteiger partial charge in [-0.3, -0.25) is 4.79 Å². The van der Waals surface area contributed by atoms with Gasteiger partial charge in [-0.15, -0.1) is 0 Å². The van der Waals surface area contributed by atoms with Crippen molar-refractivity contribution in [3.8, 4) is 0 Å². The quantitative estimate of drug-likeness (QED) is 0.778. The number of carbonyl (C=O) groups excluding carboxylic acids is 1. The van der Waals surface area contributed by atoms with Crippen molar-refractivity contribution in [2.24, 2.45) is 5.92 Å². The van der Waals surface area contributed by atoms with Gasteiger partial charge in [0.05, 0.1) is 12.2 Å².